The van der Waals surface area contributed by atoms with Crippen molar-refractivity contribution in [2.24, 2.45) is 0 Å². The lowest BCUT2D eigenvalue weighted by Crippen LogP contribution is -2.49. The van der Waals surface area contributed by atoms with Crippen LogP contribution in [0.4, 0.5) is 5.95 Å². The molecule has 6 heteroatoms. The Morgan fingerprint density at radius 1 is 1.12 bits per heavy atom. The number of hydrogen-bond acceptors (Lipinski definition) is 4. The number of aromatic nitrogens is 3. The molecule has 0 radical (unpaired) electrons. The van der Waals surface area contributed by atoms with Gasteiger partial charge in [0.2, 0.25) is 11.9 Å². The van der Waals surface area contributed by atoms with Gasteiger partial charge in [-0.3, -0.25) is 4.79 Å². The molecule has 3 heterocycles. The second-order valence-corrected chi connectivity index (χ2v) is 6.40. The van der Waals surface area contributed by atoms with Crippen molar-refractivity contribution in [3.63, 3.8) is 0 Å². The van der Waals surface area contributed by atoms with Crippen LogP contribution in [0.25, 0.3) is 10.9 Å². The average Bonchev–Trinajstić information content (AvgIpc) is 3.07. The topological polar surface area (TPSA) is 65.1 Å². The third-order valence-electron chi connectivity index (χ3n) is 4.80. The number of H-pyrrole nitrogens is 1. The zero-order valence-corrected chi connectivity index (χ0v) is 14.3. The van der Waals surface area contributed by atoms with E-state index < -0.39 is 0 Å². The minimum atomic E-state index is 0.179. The van der Waals surface area contributed by atoms with Crippen LogP contribution in [0.5, 0.6) is 0 Å². The van der Waals surface area contributed by atoms with Crippen LogP contribution in [0.2, 0.25) is 0 Å². The number of carbonyl (C=O) groups excluding carboxylic acids is 1. The quantitative estimate of drug-likeness (QED) is 0.797. The summed E-state index contributed by atoms with van der Waals surface area (Å²) in [6.07, 6.45) is 5.90. The fourth-order valence-corrected chi connectivity index (χ4v) is 3.48. The molecule has 0 aliphatic carbocycles. The lowest BCUT2D eigenvalue weighted by Gasteiger charge is -2.34. The summed E-state index contributed by atoms with van der Waals surface area (Å²) in [6, 6.07) is 7.98. The van der Waals surface area contributed by atoms with Gasteiger partial charge in [-0.15, -0.1) is 0 Å². The Bertz CT molecular complexity index is 881. The lowest BCUT2D eigenvalue weighted by molar-refractivity contribution is -0.130. The Balaban J connectivity index is 1.42. The number of nitrogens with zero attached hydrogens (tertiary/aromatic N) is 4. The molecule has 0 unspecified atom stereocenters. The van der Waals surface area contributed by atoms with Crippen molar-refractivity contribution in [2.75, 3.05) is 31.1 Å². The van der Waals surface area contributed by atoms with Crippen LogP contribution in [-0.2, 0) is 11.2 Å². The van der Waals surface area contributed by atoms with Crippen LogP contribution >= 0.6 is 0 Å². The van der Waals surface area contributed by atoms with Gasteiger partial charge in [-0.05, 0) is 30.2 Å². The van der Waals surface area contributed by atoms with Crippen LogP contribution in [0.3, 0.4) is 0 Å². The van der Waals surface area contributed by atoms with Crippen molar-refractivity contribution in [3.8, 4) is 0 Å². The number of carbonyl (C=O) groups is 1. The summed E-state index contributed by atoms with van der Waals surface area (Å²) in [7, 11) is 0. The molecule has 1 amide bonds. The lowest BCUT2D eigenvalue weighted by atomic mass is 10.0. The van der Waals surface area contributed by atoms with E-state index in [0.717, 1.165) is 30.1 Å². The largest absolute Gasteiger partial charge is 0.361 e. The molecule has 2 aromatic heterocycles. The summed E-state index contributed by atoms with van der Waals surface area (Å²) in [5.41, 5.74) is 3.37. The average molecular weight is 335 g/mol. The minimum Gasteiger partial charge on any atom is -0.361 e. The molecule has 1 N–H and O–H groups in total. The number of fused-ring (bicyclic) bond motifs is 1. The first-order chi connectivity index (χ1) is 12.2. The highest BCUT2D eigenvalue weighted by Gasteiger charge is 2.23. The van der Waals surface area contributed by atoms with Crippen LogP contribution < -0.4 is 4.90 Å². The van der Waals surface area contributed by atoms with Crippen LogP contribution in [-0.4, -0.2) is 51.9 Å². The number of rotatable bonds is 3. The normalized spacial score (nSPS) is 14.9. The number of nitrogens with one attached hydrogen (secondary N) is 1. The van der Waals surface area contributed by atoms with E-state index in [1.807, 2.05) is 23.2 Å². The Kier molecular flexibility index (Phi) is 4.09. The molecule has 0 saturated carbocycles. The predicted molar refractivity (Wildman–Crippen MR) is 97.6 cm³/mol. The maximum Gasteiger partial charge on any atom is 0.227 e. The van der Waals surface area contributed by atoms with Crippen molar-refractivity contribution in [3.05, 3.63) is 54.0 Å². The number of amides is 1. The molecule has 4 rings (SSSR count). The Morgan fingerprint density at radius 2 is 1.88 bits per heavy atom. The number of anilines is 1. The summed E-state index contributed by atoms with van der Waals surface area (Å²) in [4.78, 5) is 28.6. The summed E-state index contributed by atoms with van der Waals surface area (Å²) >= 11 is 0. The molecule has 1 saturated heterocycles. The molecule has 6 nitrogen and oxygen atoms in total. The highest BCUT2D eigenvalue weighted by atomic mass is 16.2. The number of hydrogen-bond donors (Lipinski definition) is 1. The van der Waals surface area contributed by atoms with Gasteiger partial charge in [0.15, 0.2) is 0 Å². The van der Waals surface area contributed by atoms with E-state index >= 15 is 0 Å². The van der Waals surface area contributed by atoms with Crippen molar-refractivity contribution in [2.45, 2.75) is 13.3 Å². The standard InChI is InChI=1S/C19H21N5O/c1-14-4-2-5-16-18(14)15(13-22-16)12-17(25)23-8-10-24(11-9-23)19-20-6-3-7-21-19/h2-7,13,22H,8-12H2,1H3. The molecule has 3 aromatic rings. The van der Waals surface area contributed by atoms with Gasteiger partial charge in [0.05, 0.1) is 6.42 Å². The van der Waals surface area contributed by atoms with Gasteiger partial charge in [0.25, 0.3) is 0 Å². The van der Waals surface area contributed by atoms with Crippen molar-refractivity contribution in [1.29, 1.82) is 0 Å². The summed E-state index contributed by atoms with van der Waals surface area (Å²) in [5, 5.41) is 1.17. The van der Waals surface area contributed by atoms with E-state index in [0.29, 0.717) is 19.5 Å². The van der Waals surface area contributed by atoms with Gasteiger partial charge in [-0.25, -0.2) is 9.97 Å². The van der Waals surface area contributed by atoms with Crippen LogP contribution in [0, 0.1) is 6.92 Å². The first-order valence-electron chi connectivity index (χ1n) is 8.58. The molecular weight excluding hydrogens is 314 g/mol. The molecule has 1 aliphatic heterocycles. The van der Waals surface area contributed by atoms with Crippen LogP contribution in [0.15, 0.2) is 42.9 Å². The molecule has 1 aromatic carbocycles. The molecular formula is C19H21N5O. The van der Waals surface area contributed by atoms with Crippen molar-refractivity contribution >= 4 is 22.8 Å². The molecule has 0 atom stereocenters. The molecule has 25 heavy (non-hydrogen) atoms. The zero-order chi connectivity index (χ0) is 17.2. The van der Waals surface area contributed by atoms with Crippen molar-refractivity contribution in [1.82, 2.24) is 19.9 Å². The van der Waals surface area contributed by atoms with E-state index in [-0.39, 0.29) is 5.91 Å². The smallest absolute Gasteiger partial charge is 0.227 e. The number of aromatic amines is 1. The number of piperazine rings is 1. The molecule has 0 bridgehead atoms. The highest BCUT2D eigenvalue weighted by molar-refractivity contribution is 5.91. The van der Waals surface area contributed by atoms with Gasteiger partial charge < -0.3 is 14.8 Å². The van der Waals surface area contributed by atoms with E-state index in [1.165, 1.54) is 10.9 Å². The summed E-state index contributed by atoms with van der Waals surface area (Å²) in [6.45, 7) is 5.03. The maximum atomic E-state index is 12.7. The van der Waals surface area contributed by atoms with E-state index in [4.69, 9.17) is 0 Å². The first kappa shape index (κ1) is 15.6. The van der Waals surface area contributed by atoms with Gasteiger partial charge in [0.1, 0.15) is 0 Å². The number of aryl methyl sites for hydroxylation is 1. The Labute approximate surface area is 146 Å². The first-order valence-corrected chi connectivity index (χ1v) is 8.58. The van der Waals surface area contributed by atoms with Gasteiger partial charge >= 0.3 is 0 Å². The minimum absolute atomic E-state index is 0.179. The second-order valence-electron chi connectivity index (χ2n) is 6.40. The van der Waals surface area contributed by atoms with Gasteiger partial charge in [-0.2, -0.15) is 0 Å². The summed E-state index contributed by atoms with van der Waals surface area (Å²) in [5.74, 6) is 0.916. The van der Waals surface area contributed by atoms with E-state index in [1.54, 1.807) is 12.4 Å². The third kappa shape index (κ3) is 3.07. The monoisotopic (exact) mass is 335 g/mol. The van der Waals surface area contributed by atoms with E-state index in [9.17, 15) is 4.79 Å². The van der Waals surface area contributed by atoms with Gasteiger partial charge in [0, 0.05) is 55.7 Å². The second kappa shape index (κ2) is 6.55. The molecule has 1 fully saturated rings. The SMILES string of the molecule is Cc1cccc2[nH]cc(CC(=O)N3CCN(c4ncccn4)CC3)c12. The van der Waals surface area contributed by atoms with E-state index in [2.05, 4.69) is 38.9 Å². The van der Waals surface area contributed by atoms with Crippen molar-refractivity contribution < 1.29 is 4.79 Å². The molecule has 128 valence electrons. The summed E-state index contributed by atoms with van der Waals surface area (Å²) < 4.78 is 0. The number of benzene rings is 1. The maximum absolute atomic E-state index is 12.7. The van der Waals surface area contributed by atoms with Gasteiger partial charge in [-0.1, -0.05) is 12.1 Å². The predicted octanol–water partition coefficient (Wildman–Crippen LogP) is 2.16. The molecule has 0 spiro atoms. The Hall–Kier alpha value is -2.89. The fourth-order valence-electron chi connectivity index (χ4n) is 3.48. The molecule has 1 aliphatic rings. The third-order valence-corrected chi connectivity index (χ3v) is 4.80. The van der Waals surface area contributed by atoms with Crippen LogP contribution in [0.1, 0.15) is 11.1 Å². The zero-order valence-electron chi connectivity index (χ0n) is 14.3. The highest BCUT2D eigenvalue weighted by Crippen LogP contribution is 2.23. The Morgan fingerprint density at radius 3 is 2.64 bits per heavy atom. The fraction of sp³-hybridized carbons (Fsp3) is 0.316.